The van der Waals surface area contributed by atoms with Gasteiger partial charge in [-0.3, -0.25) is 0 Å². The molecule has 0 aliphatic carbocycles. The van der Waals surface area contributed by atoms with Crippen molar-refractivity contribution < 1.29 is 9.63 Å². The Morgan fingerprint density at radius 2 is 2.06 bits per heavy atom. The number of hydrogen-bond acceptors (Lipinski definition) is 4. The highest BCUT2D eigenvalue weighted by Gasteiger charge is 2.13. The highest BCUT2D eigenvalue weighted by Crippen LogP contribution is 2.14. The minimum Gasteiger partial charge on any atom is -0.385 e. The molecule has 0 aliphatic heterocycles. The van der Waals surface area contributed by atoms with Crippen molar-refractivity contribution >= 4 is 0 Å². The first-order valence-corrected chi connectivity index (χ1v) is 6.25. The van der Waals surface area contributed by atoms with Crippen molar-refractivity contribution in [3.05, 3.63) is 47.1 Å². The Labute approximate surface area is 107 Å². The average molecular weight is 246 g/mol. The lowest BCUT2D eigenvalue weighted by Crippen LogP contribution is -1.98. The van der Waals surface area contributed by atoms with Crippen LogP contribution in [0, 0.1) is 6.92 Å². The van der Waals surface area contributed by atoms with E-state index in [1.807, 2.05) is 19.1 Å². The fourth-order valence-corrected chi connectivity index (χ4v) is 1.82. The maximum absolute atomic E-state index is 9.59. The zero-order valence-electron chi connectivity index (χ0n) is 10.8. The minimum absolute atomic E-state index is 0.386. The molecule has 1 aromatic carbocycles. The van der Waals surface area contributed by atoms with Crippen LogP contribution in [0.4, 0.5) is 0 Å². The predicted molar refractivity (Wildman–Crippen MR) is 68.1 cm³/mol. The molecule has 4 nitrogen and oxygen atoms in total. The topological polar surface area (TPSA) is 59.2 Å². The third kappa shape index (κ3) is 2.96. The fourth-order valence-electron chi connectivity index (χ4n) is 1.82. The van der Waals surface area contributed by atoms with E-state index in [0.717, 1.165) is 6.42 Å². The molecule has 0 saturated carbocycles. The van der Waals surface area contributed by atoms with Crippen LogP contribution in [0.15, 0.2) is 28.8 Å². The molecule has 1 heterocycles. The molecule has 0 spiro atoms. The van der Waals surface area contributed by atoms with Gasteiger partial charge in [-0.15, -0.1) is 0 Å². The fraction of sp³-hybridized carbons (Fsp3) is 0.429. The van der Waals surface area contributed by atoms with Gasteiger partial charge in [-0.25, -0.2) is 0 Å². The van der Waals surface area contributed by atoms with Gasteiger partial charge in [0.1, 0.15) is 6.10 Å². The summed E-state index contributed by atoms with van der Waals surface area (Å²) in [5, 5.41) is 13.4. The molecule has 2 aromatic rings. The van der Waals surface area contributed by atoms with E-state index >= 15 is 0 Å². The van der Waals surface area contributed by atoms with E-state index in [2.05, 4.69) is 29.2 Å². The highest BCUT2D eigenvalue weighted by molar-refractivity contribution is 5.25. The number of nitrogens with zero attached hydrogens (tertiary/aromatic N) is 2. The van der Waals surface area contributed by atoms with Crippen LogP contribution >= 0.6 is 0 Å². The summed E-state index contributed by atoms with van der Waals surface area (Å²) >= 11 is 0. The van der Waals surface area contributed by atoms with Crippen LogP contribution in [0.5, 0.6) is 0 Å². The molecular formula is C14H18N2O2. The Balaban J connectivity index is 1.98. The first kappa shape index (κ1) is 12.8. The van der Waals surface area contributed by atoms with E-state index in [1.54, 1.807) is 0 Å². The lowest BCUT2D eigenvalue weighted by molar-refractivity contribution is 0.159. The lowest BCUT2D eigenvalue weighted by Gasteiger charge is -2.02. The van der Waals surface area contributed by atoms with E-state index < -0.39 is 6.10 Å². The zero-order chi connectivity index (χ0) is 13.0. The zero-order valence-corrected chi connectivity index (χ0v) is 10.8. The van der Waals surface area contributed by atoms with Crippen molar-refractivity contribution in [2.24, 2.45) is 0 Å². The summed E-state index contributed by atoms with van der Waals surface area (Å²) < 4.78 is 5.13. The van der Waals surface area contributed by atoms with Crippen LogP contribution in [-0.2, 0) is 12.8 Å². The Morgan fingerprint density at radius 3 is 2.78 bits per heavy atom. The monoisotopic (exact) mass is 246 g/mol. The number of hydrogen-bond donors (Lipinski definition) is 1. The van der Waals surface area contributed by atoms with Crippen LogP contribution in [0.2, 0.25) is 0 Å². The van der Waals surface area contributed by atoms with Gasteiger partial charge in [0.25, 0.3) is 0 Å². The molecule has 1 unspecified atom stereocenters. The lowest BCUT2D eigenvalue weighted by atomic mass is 10.0. The summed E-state index contributed by atoms with van der Waals surface area (Å²) in [7, 11) is 0. The van der Waals surface area contributed by atoms with E-state index in [0.29, 0.717) is 24.6 Å². The van der Waals surface area contributed by atoms with Gasteiger partial charge in [-0.1, -0.05) is 36.3 Å². The van der Waals surface area contributed by atoms with Gasteiger partial charge >= 0.3 is 0 Å². The third-order valence-electron chi connectivity index (χ3n) is 3.04. The standard InChI is InChI=1S/C14H18N2O2/c1-3-12(17)14-15-13(18-16-14)9-8-11-7-5-4-6-10(11)2/h4-7,12,17H,3,8-9H2,1-2H3. The number of aliphatic hydroxyl groups excluding tert-OH is 1. The van der Waals surface area contributed by atoms with Gasteiger partial charge in [-0.05, 0) is 30.9 Å². The van der Waals surface area contributed by atoms with Crippen LogP contribution < -0.4 is 0 Å². The van der Waals surface area contributed by atoms with Crippen LogP contribution in [0.25, 0.3) is 0 Å². The van der Waals surface area contributed by atoms with E-state index in [-0.39, 0.29) is 0 Å². The van der Waals surface area contributed by atoms with E-state index in [1.165, 1.54) is 11.1 Å². The largest absolute Gasteiger partial charge is 0.385 e. The second-order valence-electron chi connectivity index (χ2n) is 4.40. The van der Waals surface area contributed by atoms with Gasteiger partial charge in [0, 0.05) is 6.42 Å². The molecule has 1 atom stereocenters. The predicted octanol–water partition coefficient (Wildman–Crippen LogP) is 2.61. The molecule has 0 amide bonds. The molecule has 1 aromatic heterocycles. The number of rotatable bonds is 5. The number of benzene rings is 1. The van der Waals surface area contributed by atoms with E-state index in [4.69, 9.17) is 4.52 Å². The molecule has 0 bridgehead atoms. The van der Waals surface area contributed by atoms with Gasteiger partial charge in [0.2, 0.25) is 5.89 Å². The number of aliphatic hydroxyl groups is 1. The quantitative estimate of drug-likeness (QED) is 0.881. The van der Waals surface area contributed by atoms with E-state index in [9.17, 15) is 5.11 Å². The van der Waals surface area contributed by atoms with Gasteiger partial charge < -0.3 is 9.63 Å². The van der Waals surface area contributed by atoms with Gasteiger partial charge in [-0.2, -0.15) is 4.98 Å². The maximum atomic E-state index is 9.59. The normalized spacial score (nSPS) is 12.6. The Kier molecular flexibility index (Phi) is 4.10. The average Bonchev–Trinajstić information content (AvgIpc) is 2.86. The second-order valence-corrected chi connectivity index (χ2v) is 4.40. The van der Waals surface area contributed by atoms with Crippen molar-refractivity contribution in [3.8, 4) is 0 Å². The highest BCUT2D eigenvalue weighted by atomic mass is 16.5. The van der Waals surface area contributed by atoms with Gasteiger partial charge in [0.15, 0.2) is 5.82 Å². The molecule has 0 saturated heterocycles. The van der Waals surface area contributed by atoms with Crippen molar-refractivity contribution in [2.75, 3.05) is 0 Å². The smallest absolute Gasteiger partial charge is 0.227 e. The molecule has 96 valence electrons. The molecule has 4 heteroatoms. The molecule has 0 radical (unpaired) electrons. The molecular weight excluding hydrogens is 228 g/mol. The molecule has 18 heavy (non-hydrogen) atoms. The van der Waals surface area contributed by atoms with Crippen molar-refractivity contribution in [1.82, 2.24) is 10.1 Å². The second kappa shape index (κ2) is 5.78. The van der Waals surface area contributed by atoms with Crippen molar-refractivity contribution in [3.63, 3.8) is 0 Å². The summed E-state index contributed by atoms with van der Waals surface area (Å²) in [6, 6.07) is 8.26. The first-order chi connectivity index (χ1) is 8.70. The Morgan fingerprint density at radius 1 is 1.28 bits per heavy atom. The first-order valence-electron chi connectivity index (χ1n) is 6.25. The van der Waals surface area contributed by atoms with Crippen molar-refractivity contribution in [2.45, 2.75) is 39.2 Å². The summed E-state index contributed by atoms with van der Waals surface area (Å²) in [6.45, 7) is 3.98. The Hall–Kier alpha value is -1.68. The van der Waals surface area contributed by atoms with Crippen molar-refractivity contribution in [1.29, 1.82) is 0 Å². The molecule has 1 N–H and O–H groups in total. The maximum Gasteiger partial charge on any atom is 0.227 e. The summed E-state index contributed by atoms with van der Waals surface area (Å²) in [4.78, 5) is 4.20. The van der Waals surface area contributed by atoms with Crippen LogP contribution in [-0.4, -0.2) is 15.2 Å². The molecule has 0 fully saturated rings. The van der Waals surface area contributed by atoms with Crippen LogP contribution in [0.1, 0.15) is 42.3 Å². The van der Waals surface area contributed by atoms with Gasteiger partial charge in [0.05, 0.1) is 0 Å². The number of aryl methyl sites for hydroxylation is 3. The molecule has 0 aliphatic rings. The summed E-state index contributed by atoms with van der Waals surface area (Å²) in [5.74, 6) is 0.970. The summed E-state index contributed by atoms with van der Waals surface area (Å²) in [5.41, 5.74) is 2.55. The minimum atomic E-state index is -0.624. The molecule has 2 rings (SSSR count). The summed E-state index contributed by atoms with van der Waals surface area (Å²) in [6.07, 6.45) is 1.54. The Bertz CT molecular complexity index is 508. The van der Waals surface area contributed by atoms with Crippen LogP contribution in [0.3, 0.4) is 0 Å². The SMILES string of the molecule is CCC(O)c1noc(CCc2ccccc2C)n1. The third-order valence-corrected chi connectivity index (χ3v) is 3.04. The number of aromatic nitrogens is 2.